The van der Waals surface area contributed by atoms with Gasteiger partial charge >= 0.3 is 0 Å². The molecule has 0 atom stereocenters. The second-order valence-electron chi connectivity index (χ2n) is 6.92. The van der Waals surface area contributed by atoms with Crippen LogP contribution >= 0.6 is 24.0 Å². The standard InChI is InChI=1S/C21H26N2O2S2/c1-3-5-7-10-14-23-20(25)18(27-21(23)26)17-15-11-8-9-12-16(15)22(19(17)24)13-6-4-2/h8-9,11-12H,3-7,10,13-14H2,1-2H3. The summed E-state index contributed by atoms with van der Waals surface area (Å²) >= 11 is 6.73. The van der Waals surface area contributed by atoms with Crippen molar-refractivity contribution in [2.24, 2.45) is 0 Å². The smallest absolute Gasteiger partial charge is 0.267 e. The molecule has 0 radical (unpaired) electrons. The maximum absolute atomic E-state index is 13.2. The van der Waals surface area contributed by atoms with E-state index in [9.17, 15) is 9.59 Å². The van der Waals surface area contributed by atoms with Gasteiger partial charge in [-0.2, -0.15) is 0 Å². The van der Waals surface area contributed by atoms with Crippen LogP contribution in [0.15, 0.2) is 29.2 Å². The molecule has 0 unspecified atom stereocenters. The second kappa shape index (κ2) is 9.02. The molecule has 2 amide bonds. The molecule has 1 aromatic rings. The summed E-state index contributed by atoms with van der Waals surface area (Å²) in [5.74, 6) is -0.187. The molecule has 4 nitrogen and oxygen atoms in total. The molecular formula is C21H26N2O2S2. The van der Waals surface area contributed by atoms with Crippen molar-refractivity contribution in [3.05, 3.63) is 34.7 Å². The first-order valence-corrected chi connectivity index (χ1v) is 11.0. The lowest BCUT2D eigenvalue weighted by Gasteiger charge is -2.16. The normalized spacial score (nSPS) is 19.4. The minimum Gasteiger partial charge on any atom is -0.308 e. The van der Waals surface area contributed by atoms with E-state index < -0.39 is 0 Å². The molecule has 144 valence electrons. The Morgan fingerprint density at radius 2 is 1.59 bits per heavy atom. The Morgan fingerprint density at radius 3 is 2.33 bits per heavy atom. The van der Waals surface area contributed by atoms with Gasteiger partial charge in [-0.15, -0.1) is 0 Å². The highest BCUT2D eigenvalue weighted by atomic mass is 32.2. The van der Waals surface area contributed by atoms with Gasteiger partial charge in [0.15, 0.2) is 0 Å². The van der Waals surface area contributed by atoms with E-state index in [-0.39, 0.29) is 11.8 Å². The minimum absolute atomic E-state index is 0.0730. The summed E-state index contributed by atoms with van der Waals surface area (Å²) in [6, 6.07) is 7.75. The molecule has 0 saturated carbocycles. The van der Waals surface area contributed by atoms with Crippen LogP contribution in [0.25, 0.3) is 5.57 Å². The summed E-state index contributed by atoms with van der Waals surface area (Å²) in [5, 5.41) is 0. The van der Waals surface area contributed by atoms with Crippen LogP contribution in [0.2, 0.25) is 0 Å². The first-order valence-electron chi connectivity index (χ1n) is 9.79. The number of anilines is 1. The SMILES string of the molecule is CCCCCCN1C(=O)C(=C2C(=O)N(CCCC)c3ccccc32)SC1=S. The van der Waals surface area contributed by atoms with E-state index in [0.29, 0.717) is 27.9 Å². The average Bonchev–Trinajstić information content (AvgIpc) is 3.10. The van der Waals surface area contributed by atoms with Gasteiger partial charge in [-0.05, 0) is 18.9 Å². The summed E-state index contributed by atoms with van der Waals surface area (Å²) in [7, 11) is 0. The van der Waals surface area contributed by atoms with E-state index in [1.807, 2.05) is 29.2 Å². The molecule has 2 heterocycles. The van der Waals surface area contributed by atoms with Crippen molar-refractivity contribution in [3.8, 4) is 0 Å². The van der Waals surface area contributed by atoms with Crippen LogP contribution in [0.3, 0.4) is 0 Å². The van der Waals surface area contributed by atoms with Crippen LogP contribution < -0.4 is 4.90 Å². The quantitative estimate of drug-likeness (QED) is 0.349. The van der Waals surface area contributed by atoms with Gasteiger partial charge in [0.1, 0.15) is 4.32 Å². The van der Waals surface area contributed by atoms with Crippen molar-refractivity contribution < 1.29 is 9.59 Å². The number of hydrogen-bond acceptors (Lipinski definition) is 4. The van der Waals surface area contributed by atoms with Crippen molar-refractivity contribution >= 4 is 51.4 Å². The topological polar surface area (TPSA) is 40.6 Å². The third-order valence-electron chi connectivity index (χ3n) is 4.97. The van der Waals surface area contributed by atoms with Gasteiger partial charge in [-0.1, -0.05) is 81.7 Å². The number of nitrogens with zero attached hydrogens (tertiary/aromatic N) is 2. The van der Waals surface area contributed by atoms with Gasteiger partial charge in [0.2, 0.25) is 0 Å². The van der Waals surface area contributed by atoms with Crippen LogP contribution in [-0.2, 0) is 9.59 Å². The van der Waals surface area contributed by atoms with Crippen LogP contribution in [-0.4, -0.2) is 34.1 Å². The molecule has 1 aromatic carbocycles. The number of hydrogen-bond donors (Lipinski definition) is 0. The number of fused-ring (bicyclic) bond motifs is 1. The molecule has 0 N–H and O–H groups in total. The molecule has 2 aliphatic heterocycles. The number of para-hydroxylation sites is 1. The number of rotatable bonds is 8. The van der Waals surface area contributed by atoms with Gasteiger partial charge in [0, 0.05) is 18.7 Å². The molecule has 0 spiro atoms. The van der Waals surface area contributed by atoms with Crippen LogP contribution in [0, 0.1) is 0 Å². The number of amides is 2. The fourth-order valence-corrected chi connectivity index (χ4v) is 4.86. The Kier molecular flexibility index (Phi) is 6.71. The van der Waals surface area contributed by atoms with Crippen molar-refractivity contribution in [1.29, 1.82) is 0 Å². The summed E-state index contributed by atoms with van der Waals surface area (Å²) in [4.78, 5) is 30.2. The maximum atomic E-state index is 13.2. The zero-order valence-corrected chi connectivity index (χ0v) is 17.6. The Labute approximate surface area is 171 Å². The number of unbranched alkanes of at least 4 members (excludes halogenated alkanes) is 4. The van der Waals surface area contributed by atoms with Crippen molar-refractivity contribution in [3.63, 3.8) is 0 Å². The number of benzene rings is 1. The third kappa shape index (κ3) is 3.97. The summed E-state index contributed by atoms with van der Waals surface area (Å²) in [6.07, 6.45) is 6.30. The minimum atomic E-state index is -0.114. The molecule has 2 aliphatic rings. The summed E-state index contributed by atoms with van der Waals surface area (Å²) in [5.41, 5.74) is 2.28. The number of thioether (sulfide) groups is 1. The van der Waals surface area contributed by atoms with E-state index in [4.69, 9.17) is 12.2 Å². The van der Waals surface area contributed by atoms with E-state index in [1.54, 1.807) is 4.90 Å². The third-order valence-corrected chi connectivity index (χ3v) is 6.42. The zero-order chi connectivity index (χ0) is 19.4. The van der Waals surface area contributed by atoms with Gasteiger partial charge in [-0.25, -0.2) is 0 Å². The van der Waals surface area contributed by atoms with Crippen LogP contribution in [0.1, 0.15) is 57.9 Å². The number of carbonyl (C=O) groups is 2. The first kappa shape index (κ1) is 20.1. The van der Waals surface area contributed by atoms with E-state index >= 15 is 0 Å². The molecular weight excluding hydrogens is 376 g/mol. The Bertz CT molecular complexity index is 788. The molecule has 27 heavy (non-hydrogen) atoms. The summed E-state index contributed by atoms with van der Waals surface area (Å²) < 4.78 is 0.566. The molecule has 0 aliphatic carbocycles. The molecule has 1 saturated heterocycles. The second-order valence-corrected chi connectivity index (χ2v) is 8.56. The lowest BCUT2D eigenvalue weighted by Crippen LogP contribution is -2.30. The monoisotopic (exact) mass is 402 g/mol. The largest absolute Gasteiger partial charge is 0.308 e. The maximum Gasteiger partial charge on any atom is 0.267 e. The average molecular weight is 403 g/mol. The fourth-order valence-electron chi connectivity index (χ4n) is 3.48. The highest BCUT2D eigenvalue weighted by molar-refractivity contribution is 8.26. The Balaban J connectivity index is 1.90. The van der Waals surface area contributed by atoms with E-state index in [1.165, 1.54) is 11.8 Å². The van der Waals surface area contributed by atoms with Crippen molar-refractivity contribution in [2.75, 3.05) is 18.0 Å². The van der Waals surface area contributed by atoms with Crippen molar-refractivity contribution in [1.82, 2.24) is 4.90 Å². The predicted molar refractivity (Wildman–Crippen MR) is 117 cm³/mol. The summed E-state index contributed by atoms with van der Waals surface area (Å²) in [6.45, 7) is 5.58. The first-order chi connectivity index (χ1) is 13.1. The highest BCUT2D eigenvalue weighted by Gasteiger charge is 2.41. The van der Waals surface area contributed by atoms with Crippen LogP contribution in [0.4, 0.5) is 5.69 Å². The van der Waals surface area contributed by atoms with Gasteiger partial charge < -0.3 is 4.90 Å². The molecule has 1 fully saturated rings. The predicted octanol–water partition coefficient (Wildman–Crippen LogP) is 4.99. The van der Waals surface area contributed by atoms with Gasteiger partial charge in [0.25, 0.3) is 11.8 Å². The lowest BCUT2D eigenvalue weighted by molar-refractivity contribution is -0.122. The van der Waals surface area contributed by atoms with E-state index in [2.05, 4.69) is 13.8 Å². The van der Waals surface area contributed by atoms with Gasteiger partial charge in [-0.3, -0.25) is 14.5 Å². The number of carbonyl (C=O) groups excluding carboxylic acids is 2. The Morgan fingerprint density at radius 1 is 0.889 bits per heavy atom. The molecule has 6 heteroatoms. The van der Waals surface area contributed by atoms with E-state index in [0.717, 1.165) is 49.8 Å². The molecule has 0 aromatic heterocycles. The lowest BCUT2D eigenvalue weighted by atomic mass is 10.1. The fraction of sp³-hybridized carbons (Fsp3) is 0.476. The number of thiocarbonyl (C=S) groups is 1. The molecule has 3 rings (SSSR count). The van der Waals surface area contributed by atoms with Gasteiger partial charge in [0.05, 0.1) is 16.2 Å². The van der Waals surface area contributed by atoms with Crippen molar-refractivity contribution in [2.45, 2.75) is 52.4 Å². The molecule has 0 bridgehead atoms. The highest BCUT2D eigenvalue weighted by Crippen LogP contribution is 2.44. The van der Waals surface area contributed by atoms with Crippen LogP contribution in [0.5, 0.6) is 0 Å². The zero-order valence-electron chi connectivity index (χ0n) is 16.0. The Hall–Kier alpha value is -1.66.